The summed E-state index contributed by atoms with van der Waals surface area (Å²) in [5.41, 5.74) is 1.76. The number of benzene rings is 1. The van der Waals surface area contributed by atoms with Crippen molar-refractivity contribution in [1.29, 1.82) is 0 Å². The summed E-state index contributed by atoms with van der Waals surface area (Å²) in [6.07, 6.45) is 1.89. The summed E-state index contributed by atoms with van der Waals surface area (Å²) in [4.78, 5) is 11.5. The van der Waals surface area contributed by atoms with Gasteiger partial charge in [-0.25, -0.2) is 4.79 Å². The molecule has 119 valence electrons. The molecular formula is C17H28O3Si-. The highest BCUT2D eigenvalue weighted by Gasteiger charge is 2.24. The van der Waals surface area contributed by atoms with Crippen LogP contribution in [0.1, 0.15) is 43.1 Å². The number of aryl methyl sites for hydroxylation is 1. The van der Waals surface area contributed by atoms with Crippen molar-refractivity contribution in [3.8, 4) is 0 Å². The zero-order chi connectivity index (χ0) is 16.1. The predicted molar refractivity (Wildman–Crippen MR) is 89.3 cm³/mol. The van der Waals surface area contributed by atoms with Gasteiger partial charge in [-0.2, -0.15) is 0 Å². The van der Waals surface area contributed by atoms with Crippen LogP contribution in [0.4, 0.5) is 0 Å². The quantitative estimate of drug-likeness (QED) is 0.443. The van der Waals surface area contributed by atoms with Gasteiger partial charge < -0.3 is 9.16 Å². The van der Waals surface area contributed by atoms with Crippen LogP contribution in [0.2, 0.25) is 18.1 Å². The molecule has 0 spiro atoms. The molecule has 0 aromatic heterocycles. The molecule has 0 unspecified atom stereocenters. The lowest BCUT2D eigenvalue weighted by Crippen LogP contribution is -2.41. The fraction of sp³-hybridized carbons (Fsp3) is 0.588. The maximum atomic E-state index is 11.5. The average Bonchev–Trinajstić information content (AvgIpc) is 2.42. The molecule has 4 heteroatoms. The SMILES string of the molecule is COC(=O)c1cccc(CCCO[Si-](C)(C)C(C)(C)C)c1. The molecule has 1 aromatic carbocycles. The Bertz CT molecular complexity index is 475. The molecule has 0 amide bonds. The summed E-state index contributed by atoms with van der Waals surface area (Å²) in [7, 11) is -0.247. The van der Waals surface area contributed by atoms with E-state index in [0.717, 1.165) is 25.0 Å². The smallest absolute Gasteiger partial charge is 0.337 e. The van der Waals surface area contributed by atoms with Crippen LogP contribution >= 0.6 is 0 Å². The first kappa shape index (κ1) is 17.9. The van der Waals surface area contributed by atoms with Crippen molar-refractivity contribution in [2.24, 2.45) is 0 Å². The van der Waals surface area contributed by atoms with Gasteiger partial charge in [-0.1, -0.05) is 32.9 Å². The first-order valence-corrected chi connectivity index (χ1v) is 10.4. The number of methoxy groups -OCH3 is 1. The summed E-state index contributed by atoms with van der Waals surface area (Å²) in [5.74, 6) is -0.283. The van der Waals surface area contributed by atoms with E-state index in [1.54, 1.807) is 6.07 Å². The molecule has 0 bridgehead atoms. The zero-order valence-electron chi connectivity index (χ0n) is 14.2. The van der Waals surface area contributed by atoms with Gasteiger partial charge in [0, 0.05) is 6.61 Å². The van der Waals surface area contributed by atoms with Crippen LogP contribution in [-0.4, -0.2) is 28.0 Å². The van der Waals surface area contributed by atoms with Crippen molar-refractivity contribution in [3.63, 3.8) is 0 Å². The van der Waals surface area contributed by atoms with Crippen molar-refractivity contribution < 1.29 is 14.0 Å². The summed E-state index contributed by atoms with van der Waals surface area (Å²) in [6, 6.07) is 7.62. The van der Waals surface area contributed by atoms with E-state index < -0.39 is 8.32 Å². The molecule has 1 aromatic rings. The van der Waals surface area contributed by atoms with E-state index in [1.165, 1.54) is 7.11 Å². The maximum Gasteiger partial charge on any atom is 0.337 e. The zero-order valence-corrected chi connectivity index (χ0v) is 15.2. The van der Waals surface area contributed by atoms with Gasteiger partial charge in [0.05, 0.1) is 12.7 Å². The van der Waals surface area contributed by atoms with Crippen molar-refractivity contribution in [1.82, 2.24) is 0 Å². The second-order valence-electron chi connectivity index (χ2n) is 6.90. The average molecular weight is 308 g/mol. The molecule has 0 aliphatic carbocycles. The van der Waals surface area contributed by atoms with E-state index in [0.29, 0.717) is 5.56 Å². The van der Waals surface area contributed by atoms with Gasteiger partial charge in [0.2, 0.25) is 0 Å². The van der Waals surface area contributed by atoms with Crippen LogP contribution < -0.4 is 0 Å². The van der Waals surface area contributed by atoms with E-state index in [1.807, 2.05) is 18.2 Å². The number of rotatable bonds is 6. The number of hydrogen-bond acceptors (Lipinski definition) is 3. The molecule has 0 saturated heterocycles. The molecule has 0 heterocycles. The Balaban J connectivity index is 2.48. The summed E-state index contributed by atoms with van der Waals surface area (Å²) >= 11 is 0. The molecule has 1 rings (SSSR count). The lowest BCUT2D eigenvalue weighted by atomic mass is 10.1. The van der Waals surface area contributed by atoms with E-state index in [9.17, 15) is 4.79 Å². The third kappa shape index (κ3) is 5.29. The number of esters is 1. The van der Waals surface area contributed by atoms with E-state index >= 15 is 0 Å². The van der Waals surface area contributed by atoms with Gasteiger partial charge in [-0.05, 0) is 38.9 Å². The Morgan fingerprint density at radius 3 is 2.48 bits per heavy atom. The van der Waals surface area contributed by atoms with E-state index in [2.05, 4.69) is 33.9 Å². The Morgan fingerprint density at radius 1 is 1.24 bits per heavy atom. The van der Waals surface area contributed by atoms with Gasteiger partial charge in [0.1, 0.15) is 0 Å². The van der Waals surface area contributed by atoms with Crippen LogP contribution in [0.25, 0.3) is 0 Å². The highest BCUT2D eigenvalue weighted by atomic mass is 28.4. The Morgan fingerprint density at radius 2 is 1.90 bits per heavy atom. The fourth-order valence-electron chi connectivity index (χ4n) is 1.79. The van der Waals surface area contributed by atoms with Gasteiger partial charge in [-0.15, -0.1) is 18.1 Å². The predicted octanol–water partition coefficient (Wildman–Crippen LogP) is 4.43. The van der Waals surface area contributed by atoms with Crippen LogP contribution in [0.3, 0.4) is 0 Å². The maximum absolute atomic E-state index is 11.5. The molecule has 0 aliphatic rings. The first-order valence-electron chi connectivity index (χ1n) is 7.48. The standard InChI is InChI=1S/C17H28O3Si/c1-17(2,3)21(5,6)20-12-8-10-14-9-7-11-15(13-14)16(18)19-4/h7,9,11,13H,8,10,12H2,1-6H3/q-1. The second-order valence-corrected chi connectivity index (χ2v) is 11.7. The number of hydrogen-bond donors (Lipinski definition) is 0. The lowest BCUT2D eigenvalue weighted by Gasteiger charge is -2.48. The molecule has 0 atom stereocenters. The second kappa shape index (κ2) is 7.23. The summed E-state index contributed by atoms with van der Waals surface area (Å²) in [6.45, 7) is 12.1. The number of carbonyl (C=O) groups is 1. The fourth-order valence-corrected chi connectivity index (χ4v) is 2.88. The largest absolute Gasteiger partial charge is 0.564 e. The van der Waals surface area contributed by atoms with Crippen LogP contribution in [-0.2, 0) is 15.6 Å². The molecule has 0 saturated carbocycles. The molecule has 0 fully saturated rings. The van der Waals surface area contributed by atoms with Crippen LogP contribution in [0.5, 0.6) is 0 Å². The van der Waals surface area contributed by atoms with Crippen LogP contribution in [0, 0.1) is 0 Å². The molecule has 0 N–H and O–H groups in total. The highest BCUT2D eigenvalue weighted by molar-refractivity contribution is 6.74. The molecule has 21 heavy (non-hydrogen) atoms. The van der Waals surface area contributed by atoms with E-state index in [-0.39, 0.29) is 11.0 Å². The minimum Gasteiger partial charge on any atom is -0.564 e. The molecule has 0 radical (unpaired) electrons. The third-order valence-corrected chi connectivity index (χ3v) is 8.77. The minimum absolute atomic E-state index is 0.248. The number of ether oxygens (including phenoxy) is 1. The Labute approximate surface area is 129 Å². The summed E-state index contributed by atoms with van der Waals surface area (Å²) < 4.78 is 10.9. The Hall–Kier alpha value is -1.13. The summed E-state index contributed by atoms with van der Waals surface area (Å²) in [5, 5.41) is 0.248. The topological polar surface area (TPSA) is 35.5 Å². The lowest BCUT2D eigenvalue weighted by molar-refractivity contribution is 0.0600. The van der Waals surface area contributed by atoms with Crippen molar-refractivity contribution in [2.45, 2.75) is 51.7 Å². The van der Waals surface area contributed by atoms with Crippen molar-refractivity contribution in [2.75, 3.05) is 13.7 Å². The van der Waals surface area contributed by atoms with Crippen LogP contribution in [0.15, 0.2) is 24.3 Å². The first-order chi connectivity index (χ1) is 9.67. The normalized spacial score (nSPS) is 12.3. The Kier molecular flexibility index (Phi) is 6.17. The third-order valence-electron chi connectivity index (χ3n) is 4.23. The van der Waals surface area contributed by atoms with Gasteiger partial charge in [0.15, 0.2) is 0 Å². The van der Waals surface area contributed by atoms with Crippen molar-refractivity contribution in [3.05, 3.63) is 35.4 Å². The molecule has 3 nitrogen and oxygen atoms in total. The van der Waals surface area contributed by atoms with E-state index in [4.69, 9.17) is 9.16 Å². The van der Waals surface area contributed by atoms with Gasteiger partial charge in [-0.3, -0.25) is 0 Å². The highest BCUT2D eigenvalue weighted by Crippen LogP contribution is 2.36. The van der Waals surface area contributed by atoms with Gasteiger partial charge in [0.25, 0.3) is 0 Å². The molecule has 0 aliphatic heterocycles. The monoisotopic (exact) mass is 308 g/mol. The molecular weight excluding hydrogens is 280 g/mol. The number of carbonyl (C=O) groups excluding carboxylic acids is 1. The van der Waals surface area contributed by atoms with Crippen molar-refractivity contribution >= 4 is 14.3 Å². The minimum atomic E-state index is -1.65. The van der Waals surface area contributed by atoms with Gasteiger partial charge >= 0.3 is 5.97 Å².